The Morgan fingerprint density at radius 2 is 2.14 bits per heavy atom. The summed E-state index contributed by atoms with van der Waals surface area (Å²) in [4.78, 5) is 16.0. The van der Waals surface area contributed by atoms with E-state index in [1.54, 1.807) is 24.5 Å². The largest absolute Gasteiger partial charge is 0.354 e. The molecule has 0 saturated carbocycles. The number of benzene rings is 1. The second kappa shape index (κ2) is 6.70. The third-order valence-electron chi connectivity index (χ3n) is 3.29. The smallest absolute Gasteiger partial charge is 0.253 e. The predicted molar refractivity (Wildman–Crippen MR) is 86.0 cm³/mol. The number of hydrogen-bond donors (Lipinski definition) is 2. The average molecular weight is 281 g/mol. The first-order valence-corrected chi connectivity index (χ1v) is 6.79. The number of hydrogen-bond acceptors (Lipinski definition) is 3. The van der Waals surface area contributed by atoms with Crippen molar-refractivity contribution in [2.24, 2.45) is 0 Å². The minimum absolute atomic E-state index is 0.160. The van der Waals surface area contributed by atoms with Gasteiger partial charge in [0.25, 0.3) is 5.91 Å². The molecule has 1 aromatic heterocycles. The lowest BCUT2D eigenvalue weighted by atomic mass is 10.1. The molecule has 0 aliphatic rings. The molecule has 1 heterocycles. The number of rotatable bonds is 5. The fourth-order valence-electron chi connectivity index (χ4n) is 1.94. The topological polar surface area (TPSA) is 54.0 Å². The molecular weight excluding hydrogens is 262 g/mol. The van der Waals surface area contributed by atoms with Gasteiger partial charge in [-0.2, -0.15) is 0 Å². The van der Waals surface area contributed by atoms with Crippen LogP contribution in [-0.4, -0.2) is 17.4 Å². The highest BCUT2D eigenvalue weighted by Gasteiger charge is 2.07. The summed E-state index contributed by atoms with van der Waals surface area (Å²) < 4.78 is 0. The highest BCUT2D eigenvalue weighted by atomic mass is 16.1. The molecule has 0 fully saturated rings. The summed E-state index contributed by atoms with van der Waals surface area (Å²) in [5.41, 5.74) is 4.72. The summed E-state index contributed by atoms with van der Waals surface area (Å²) >= 11 is 0. The van der Waals surface area contributed by atoms with Crippen molar-refractivity contribution in [3.8, 4) is 0 Å². The highest BCUT2D eigenvalue weighted by Crippen LogP contribution is 2.22. The molecule has 4 heteroatoms. The van der Waals surface area contributed by atoms with Gasteiger partial charge in [0, 0.05) is 18.4 Å². The Hall–Kier alpha value is -2.62. The van der Waals surface area contributed by atoms with Gasteiger partial charge in [-0.15, -0.1) is 6.58 Å². The van der Waals surface area contributed by atoms with E-state index in [1.165, 1.54) is 11.1 Å². The van der Waals surface area contributed by atoms with Crippen LogP contribution in [0.1, 0.15) is 21.5 Å². The van der Waals surface area contributed by atoms with Gasteiger partial charge in [0.15, 0.2) is 0 Å². The Morgan fingerprint density at radius 3 is 2.90 bits per heavy atom. The summed E-state index contributed by atoms with van der Waals surface area (Å²) in [6.45, 7) is 8.14. The van der Waals surface area contributed by atoms with E-state index in [9.17, 15) is 4.79 Å². The van der Waals surface area contributed by atoms with Gasteiger partial charge in [0.2, 0.25) is 0 Å². The molecule has 1 amide bonds. The van der Waals surface area contributed by atoms with Crippen molar-refractivity contribution >= 4 is 17.3 Å². The number of carbonyl (C=O) groups excluding carboxylic acids is 1. The Bertz CT molecular complexity index is 665. The van der Waals surface area contributed by atoms with Crippen molar-refractivity contribution in [1.82, 2.24) is 10.3 Å². The second-order valence-corrected chi connectivity index (χ2v) is 4.83. The van der Waals surface area contributed by atoms with Crippen molar-refractivity contribution in [1.29, 1.82) is 0 Å². The van der Waals surface area contributed by atoms with Crippen molar-refractivity contribution in [3.05, 3.63) is 66.0 Å². The Balaban J connectivity index is 2.19. The van der Waals surface area contributed by atoms with Crippen LogP contribution in [0.3, 0.4) is 0 Å². The number of aromatic nitrogens is 1. The van der Waals surface area contributed by atoms with E-state index < -0.39 is 0 Å². The van der Waals surface area contributed by atoms with Crippen LogP contribution in [0.2, 0.25) is 0 Å². The summed E-state index contributed by atoms with van der Waals surface area (Å²) in [6, 6.07) is 7.86. The zero-order chi connectivity index (χ0) is 15.2. The lowest BCUT2D eigenvalue weighted by molar-refractivity contribution is 0.0957. The zero-order valence-corrected chi connectivity index (χ0v) is 12.3. The van der Waals surface area contributed by atoms with Crippen molar-refractivity contribution in [3.63, 3.8) is 0 Å². The van der Waals surface area contributed by atoms with Crippen molar-refractivity contribution in [2.45, 2.75) is 13.8 Å². The lowest BCUT2D eigenvalue weighted by Gasteiger charge is -2.12. The van der Waals surface area contributed by atoms with Crippen LogP contribution in [0, 0.1) is 13.8 Å². The quantitative estimate of drug-likeness (QED) is 0.826. The molecule has 0 atom stereocenters. The summed E-state index contributed by atoms with van der Waals surface area (Å²) in [5, 5.41) is 6.04. The van der Waals surface area contributed by atoms with Gasteiger partial charge in [-0.05, 0) is 37.1 Å². The third-order valence-corrected chi connectivity index (χ3v) is 3.29. The van der Waals surface area contributed by atoms with Crippen LogP contribution in [-0.2, 0) is 0 Å². The first-order valence-electron chi connectivity index (χ1n) is 6.79. The van der Waals surface area contributed by atoms with E-state index in [0.29, 0.717) is 12.1 Å². The van der Waals surface area contributed by atoms with Gasteiger partial charge in [0.1, 0.15) is 0 Å². The van der Waals surface area contributed by atoms with E-state index >= 15 is 0 Å². The van der Waals surface area contributed by atoms with E-state index in [4.69, 9.17) is 0 Å². The maximum Gasteiger partial charge on any atom is 0.253 e. The molecule has 2 N–H and O–H groups in total. The van der Waals surface area contributed by atoms with Crippen molar-refractivity contribution < 1.29 is 4.79 Å². The highest BCUT2D eigenvalue weighted by molar-refractivity contribution is 5.95. The second-order valence-electron chi connectivity index (χ2n) is 4.83. The summed E-state index contributed by atoms with van der Waals surface area (Å²) in [7, 11) is 0. The molecule has 0 radical (unpaired) electrons. The van der Waals surface area contributed by atoms with Gasteiger partial charge in [-0.3, -0.25) is 9.78 Å². The van der Waals surface area contributed by atoms with E-state index in [1.807, 2.05) is 12.1 Å². The average Bonchev–Trinajstić information content (AvgIpc) is 2.50. The van der Waals surface area contributed by atoms with Crippen LogP contribution in [0.15, 0.2) is 49.3 Å². The molecule has 0 unspecified atom stereocenters. The van der Waals surface area contributed by atoms with Gasteiger partial charge in [0.05, 0.1) is 17.4 Å². The van der Waals surface area contributed by atoms with Gasteiger partial charge in [-0.25, -0.2) is 0 Å². The predicted octanol–water partition coefficient (Wildman–Crippen LogP) is 3.36. The van der Waals surface area contributed by atoms with Crippen molar-refractivity contribution in [2.75, 3.05) is 11.9 Å². The Morgan fingerprint density at radius 1 is 1.33 bits per heavy atom. The molecule has 0 aliphatic heterocycles. The van der Waals surface area contributed by atoms with E-state index in [0.717, 1.165) is 11.4 Å². The van der Waals surface area contributed by atoms with Gasteiger partial charge >= 0.3 is 0 Å². The number of anilines is 2. The number of nitrogens with one attached hydrogen (secondary N) is 2. The van der Waals surface area contributed by atoms with Crippen LogP contribution in [0.25, 0.3) is 0 Å². The van der Waals surface area contributed by atoms with Crippen LogP contribution < -0.4 is 10.6 Å². The summed E-state index contributed by atoms with van der Waals surface area (Å²) in [5.74, 6) is -0.160. The lowest BCUT2D eigenvalue weighted by Crippen LogP contribution is -2.23. The first-order chi connectivity index (χ1) is 10.1. The molecule has 0 aliphatic carbocycles. The maximum absolute atomic E-state index is 11.9. The third kappa shape index (κ3) is 3.69. The first kappa shape index (κ1) is 14.8. The molecule has 4 nitrogen and oxygen atoms in total. The minimum atomic E-state index is -0.160. The SMILES string of the molecule is C=CCNC(=O)c1cncc(Nc2cccc(C)c2C)c1. The normalized spacial score (nSPS) is 10.0. The molecule has 0 spiro atoms. The molecule has 2 aromatic rings. The number of carbonyl (C=O) groups is 1. The molecule has 108 valence electrons. The molecule has 21 heavy (non-hydrogen) atoms. The van der Waals surface area contributed by atoms with Crippen LogP contribution in [0.5, 0.6) is 0 Å². The molecule has 0 saturated heterocycles. The number of amides is 1. The van der Waals surface area contributed by atoms with Gasteiger partial charge < -0.3 is 10.6 Å². The zero-order valence-electron chi connectivity index (χ0n) is 12.3. The molecular formula is C17H19N3O. The fourth-order valence-corrected chi connectivity index (χ4v) is 1.94. The molecule has 1 aromatic carbocycles. The fraction of sp³-hybridized carbons (Fsp3) is 0.176. The van der Waals surface area contributed by atoms with E-state index in [-0.39, 0.29) is 5.91 Å². The molecule has 2 rings (SSSR count). The van der Waals surface area contributed by atoms with E-state index in [2.05, 4.69) is 42.1 Å². The maximum atomic E-state index is 11.9. The number of aryl methyl sites for hydroxylation is 1. The van der Waals surface area contributed by atoms with Crippen LogP contribution >= 0.6 is 0 Å². The molecule has 0 bridgehead atoms. The van der Waals surface area contributed by atoms with Gasteiger partial charge in [-0.1, -0.05) is 18.2 Å². The Labute approximate surface area is 124 Å². The Kier molecular flexibility index (Phi) is 4.72. The standard InChI is InChI=1S/C17H19N3O/c1-4-8-19-17(21)14-9-15(11-18-10-14)20-16-7-5-6-12(2)13(16)3/h4-7,9-11,20H,1,8H2,2-3H3,(H,19,21). The number of pyridine rings is 1. The summed E-state index contributed by atoms with van der Waals surface area (Å²) in [6.07, 6.45) is 4.89. The minimum Gasteiger partial charge on any atom is -0.354 e. The van der Waals surface area contributed by atoms with Crippen LogP contribution in [0.4, 0.5) is 11.4 Å². The number of nitrogens with zero attached hydrogens (tertiary/aromatic N) is 1. The monoisotopic (exact) mass is 281 g/mol.